The summed E-state index contributed by atoms with van der Waals surface area (Å²) in [5, 5.41) is 4.55. The molecule has 0 atom stereocenters. The van der Waals surface area contributed by atoms with Gasteiger partial charge in [0.15, 0.2) is 9.84 Å². The van der Waals surface area contributed by atoms with E-state index in [1.165, 1.54) is 6.26 Å². The number of hydrogen-bond acceptors (Lipinski definition) is 4. The molecule has 1 heterocycles. The molecule has 1 aromatic heterocycles. The van der Waals surface area contributed by atoms with E-state index in [0.29, 0.717) is 5.82 Å². The first kappa shape index (κ1) is 15.3. The number of nitrogens with two attached hydrogens (primary N) is 1. The van der Waals surface area contributed by atoms with E-state index in [0.717, 1.165) is 22.5 Å². The van der Waals surface area contributed by atoms with Crippen LogP contribution in [0.3, 0.4) is 0 Å². The summed E-state index contributed by atoms with van der Waals surface area (Å²) < 4.78 is 24.7. The zero-order valence-electron chi connectivity index (χ0n) is 12.9. The highest BCUT2D eigenvalue weighted by molar-refractivity contribution is 7.90. The van der Waals surface area contributed by atoms with Crippen LogP contribution in [0.2, 0.25) is 0 Å². The summed E-state index contributed by atoms with van der Waals surface area (Å²) in [6.07, 6.45) is 1.18. The fourth-order valence-electron chi connectivity index (χ4n) is 2.43. The molecule has 3 aromatic rings. The number of nitrogens with zero attached hydrogens (tertiary/aromatic N) is 2. The first-order chi connectivity index (χ1) is 10.9. The lowest BCUT2D eigenvalue weighted by molar-refractivity contribution is 0.602. The summed E-state index contributed by atoms with van der Waals surface area (Å²) in [4.78, 5) is 0.270. The SMILES string of the molecule is Cc1ccccc1-c1cc(N)n(-c2ccc(S(C)(=O)=O)cc2)n1. The van der Waals surface area contributed by atoms with Crippen LogP contribution in [0.4, 0.5) is 5.82 Å². The van der Waals surface area contributed by atoms with Gasteiger partial charge in [-0.2, -0.15) is 5.10 Å². The number of nitrogen functional groups attached to an aromatic ring is 1. The number of rotatable bonds is 3. The Bertz CT molecular complexity index is 958. The van der Waals surface area contributed by atoms with Crippen molar-refractivity contribution in [2.24, 2.45) is 0 Å². The third-order valence-corrected chi connectivity index (χ3v) is 4.80. The number of hydrogen-bond donors (Lipinski definition) is 1. The van der Waals surface area contributed by atoms with Gasteiger partial charge in [-0.3, -0.25) is 0 Å². The molecule has 0 aliphatic heterocycles. The molecule has 0 fully saturated rings. The minimum absolute atomic E-state index is 0.270. The van der Waals surface area contributed by atoms with Crippen LogP contribution >= 0.6 is 0 Å². The van der Waals surface area contributed by atoms with Crippen LogP contribution in [0.15, 0.2) is 59.5 Å². The van der Waals surface area contributed by atoms with Crippen LogP contribution in [0, 0.1) is 6.92 Å². The van der Waals surface area contributed by atoms with Crippen molar-refractivity contribution in [2.45, 2.75) is 11.8 Å². The molecule has 5 nitrogen and oxygen atoms in total. The Morgan fingerprint density at radius 1 is 1.04 bits per heavy atom. The molecule has 0 saturated heterocycles. The molecule has 3 rings (SSSR count). The number of anilines is 1. The Hall–Kier alpha value is -2.60. The van der Waals surface area contributed by atoms with Gasteiger partial charge in [-0.1, -0.05) is 24.3 Å². The third kappa shape index (κ3) is 2.98. The van der Waals surface area contributed by atoms with Crippen molar-refractivity contribution in [3.63, 3.8) is 0 Å². The summed E-state index contributed by atoms with van der Waals surface area (Å²) in [7, 11) is -3.22. The Morgan fingerprint density at radius 2 is 1.70 bits per heavy atom. The Balaban J connectivity index is 2.04. The molecule has 0 bridgehead atoms. The van der Waals surface area contributed by atoms with Crippen molar-refractivity contribution >= 4 is 15.7 Å². The molecule has 23 heavy (non-hydrogen) atoms. The van der Waals surface area contributed by atoms with E-state index >= 15 is 0 Å². The van der Waals surface area contributed by atoms with Crippen LogP contribution < -0.4 is 5.73 Å². The standard InChI is InChI=1S/C17H17N3O2S/c1-12-5-3-4-6-15(12)16-11-17(18)20(19-16)13-7-9-14(10-8-13)23(2,21)22/h3-11H,18H2,1-2H3. The zero-order chi connectivity index (χ0) is 16.6. The number of aryl methyl sites for hydroxylation is 1. The molecule has 2 N–H and O–H groups in total. The van der Waals surface area contributed by atoms with Gasteiger partial charge in [0.25, 0.3) is 0 Å². The third-order valence-electron chi connectivity index (χ3n) is 3.67. The summed E-state index contributed by atoms with van der Waals surface area (Å²) in [5.74, 6) is 0.496. The van der Waals surface area contributed by atoms with Crippen molar-refractivity contribution in [2.75, 3.05) is 12.0 Å². The van der Waals surface area contributed by atoms with E-state index in [-0.39, 0.29) is 4.90 Å². The number of benzene rings is 2. The Kier molecular flexibility index (Phi) is 3.69. The van der Waals surface area contributed by atoms with E-state index in [4.69, 9.17) is 5.73 Å². The minimum Gasteiger partial charge on any atom is -0.384 e. The maximum Gasteiger partial charge on any atom is 0.175 e. The van der Waals surface area contributed by atoms with Crippen molar-refractivity contribution < 1.29 is 8.42 Å². The van der Waals surface area contributed by atoms with Gasteiger partial charge in [-0.15, -0.1) is 0 Å². The molecule has 0 unspecified atom stereocenters. The topological polar surface area (TPSA) is 78.0 Å². The van der Waals surface area contributed by atoms with Gasteiger partial charge in [0.1, 0.15) is 5.82 Å². The van der Waals surface area contributed by atoms with Gasteiger partial charge >= 0.3 is 0 Å². The predicted molar refractivity (Wildman–Crippen MR) is 91.3 cm³/mol. The monoisotopic (exact) mass is 327 g/mol. The van der Waals surface area contributed by atoms with Gasteiger partial charge in [0.2, 0.25) is 0 Å². The van der Waals surface area contributed by atoms with E-state index in [2.05, 4.69) is 5.10 Å². The summed E-state index contributed by atoms with van der Waals surface area (Å²) in [6.45, 7) is 2.02. The van der Waals surface area contributed by atoms with Gasteiger partial charge in [0.05, 0.1) is 16.3 Å². The quantitative estimate of drug-likeness (QED) is 0.802. The van der Waals surface area contributed by atoms with Crippen molar-refractivity contribution in [1.82, 2.24) is 9.78 Å². The molecule has 0 aliphatic carbocycles. The fourth-order valence-corrected chi connectivity index (χ4v) is 3.06. The molecule has 0 amide bonds. The lowest BCUT2D eigenvalue weighted by atomic mass is 10.1. The van der Waals surface area contributed by atoms with Gasteiger partial charge in [-0.05, 0) is 36.8 Å². The molecule has 0 radical (unpaired) electrons. The average Bonchev–Trinajstić information content (AvgIpc) is 2.89. The highest BCUT2D eigenvalue weighted by Crippen LogP contribution is 2.25. The van der Waals surface area contributed by atoms with Crippen molar-refractivity contribution in [1.29, 1.82) is 0 Å². The van der Waals surface area contributed by atoms with Gasteiger partial charge < -0.3 is 5.73 Å². The normalized spacial score (nSPS) is 11.6. The Labute approximate surface area is 135 Å². The van der Waals surface area contributed by atoms with Crippen molar-refractivity contribution in [3.8, 4) is 16.9 Å². The van der Waals surface area contributed by atoms with Crippen LogP contribution in [0.1, 0.15) is 5.56 Å². The molecular weight excluding hydrogens is 310 g/mol. The highest BCUT2D eigenvalue weighted by atomic mass is 32.2. The molecule has 118 valence electrons. The van der Waals surface area contributed by atoms with Gasteiger partial charge in [0, 0.05) is 17.9 Å². The minimum atomic E-state index is -3.22. The first-order valence-corrected chi connectivity index (χ1v) is 8.97. The maximum atomic E-state index is 11.5. The van der Waals surface area contributed by atoms with E-state index in [1.54, 1.807) is 28.9 Å². The zero-order valence-corrected chi connectivity index (χ0v) is 13.7. The largest absolute Gasteiger partial charge is 0.384 e. The summed E-state index contributed by atoms with van der Waals surface area (Å²) >= 11 is 0. The summed E-state index contributed by atoms with van der Waals surface area (Å²) in [5.41, 5.74) is 9.70. The Morgan fingerprint density at radius 3 is 2.30 bits per heavy atom. The van der Waals surface area contributed by atoms with Crippen LogP contribution in [0.25, 0.3) is 16.9 Å². The van der Waals surface area contributed by atoms with Gasteiger partial charge in [-0.25, -0.2) is 13.1 Å². The molecular formula is C17H17N3O2S. The second-order valence-corrected chi connectivity index (χ2v) is 7.46. The first-order valence-electron chi connectivity index (χ1n) is 7.08. The molecule has 0 aliphatic rings. The molecule has 0 saturated carbocycles. The predicted octanol–water partition coefficient (Wildman–Crippen LogP) is 2.83. The number of sulfone groups is 1. The van der Waals surface area contributed by atoms with Crippen LogP contribution in [-0.4, -0.2) is 24.5 Å². The van der Waals surface area contributed by atoms with Crippen LogP contribution in [0.5, 0.6) is 0 Å². The molecule has 0 spiro atoms. The lowest BCUT2D eigenvalue weighted by Gasteiger charge is -2.05. The van der Waals surface area contributed by atoms with E-state index in [9.17, 15) is 8.42 Å². The average molecular weight is 327 g/mol. The summed E-state index contributed by atoms with van der Waals surface area (Å²) in [6, 6.07) is 16.3. The molecule has 2 aromatic carbocycles. The van der Waals surface area contributed by atoms with Crippen molar-refractivity contribution in [3.05, 3.63) is 60.2 Å². The maximum absolute atomic E-state index is 11.5. The second-order valence-electron chi connectivity index (χ2n) is 5.45. The lowest BCUT2D eigenvalue weighted by Crippen LogP contribution is -2.03. The van der Waals surface area contributed by atoms with Crippen LogP contribution in [-0.2, 0) is 9.84 Å². The second kappa shape index (κ2) is 5.55. The van der Waals surface area contributed by atoms with E-state index in [1.807, 2.05) is 37.3 Å². The molecule has 6 heteroatoms. The fraction of sp³-hybridized carbons (Fsp3) is 0.118. The number of aromatic nitrogens is 2. The van der Waals surface area contributed by atoms with E-state index < -0.39 is 9.84 Å². The highest BCUT2D eigenvalue weighted by Gasteiger charge is 2.12. The smallest absolute Gasteiger partial charge is 0.175 e.